The molecule has 4 aliphatic rings. The lowest BCUT2D eigenvalue weighted by atomic mass is 9.51. The summed E-state index contributed by atoms with van der Waals surface area (Å²) in [6, 6.07) is 0. The van der Waals surface area contributed by atoms with Gasteiger partial charge in [0.15, 0.2) is 0 Å². The van der Waals surface area contributed by atoms with Gasteiger partial charge in [0.05, 0.1) is 22.9 Å². The Kier molecular flexibility index (Phi) is 3.65. The predicted molar refractivity (Wildman–Crippen MR) is 92.7 cm³/mol. The largest absolute Gasteiger partial charge is 0.481 e. The number of carbonyl (C=O) groups is 3. The molecular weight excluding hydrogens is 352 g/mol. The highest BCUT2D eigenvalue weighted by Crippen LogP contribution is 2.77. The fourth-order valence-corrected chi connectivity index (χ4v) is 7.69. The van der Waals surface area contributed by atoms with Crippen LogP contribution in [-0.2, 0) is 14.4 Å². The van der Waals surface area contributed by atoms with Gasteiger partial charge >= 0.3 is 17.9 Å². The van der Waals surface area contributed by atoms with Gasteiger partial charge in [0.1, 0.15) is 0 Å². The summed E-state index contributed by atoms with van der Waals surface area (Å²) in [5.74, 6) is -6.08. The first kappa shape index (κ1) is 18.5. The van der Waals surface area contributed by atoms with Gasteiger partial charge in [0.25, 0.3) is 0 Å². The summed E-state index contributed by atoms with van der Waals surface area (Å²) in [5.41, 5.74) is -3.08. The van der Waals surface area contributed by atoms with Crippen LogP contribution in [0.15, 0.2) is 12.2 Å². The third-order valence-corrected chi connectivity index (χ3v) is 8.68. The van der Waals surface area contributed by atoms with Crippen LogP contribution in [0, 0.1) is 39.9 Å². The molecule has 148 valence electrons. The van der Waals surface area contributed by atoms with Crippen LogP contribution in [0.2, 0.25) is 0 Å². The molecule has 2 bridgehead atoms. The van der Waals surface area contributed by atoms with Crippen molar-refractivity contribution in [2.45, 2.75) is 51.6 Å². The summed E-state index contributed by atoms with van der Waals surface area (Å²) in [4.78, 5) is 37.4. The van der Waals surface area contributed by atoms with E-state index in [2.05, 4.69) is 6.58 Å². The van der Waals surface area contributed by atoms with E-state index in [-0.39, 0.29) is 18.8 Å². The second-order valence-corrected chi connectivity index (χ2v) is 9.38. The maximum Gasteiger partial charge on any atom is 0.312 e. The van der Waals surface area contributed by atoms with Crippen molar-refractivity contribution in [2.75, 3.05) is 0 Å². The van der Waals surface area contributed by atoms with Gasteiger partial charge < -0.3 is 20.4 Å². The van der Waals surface area contributed by atoms with Crippen molar-refractivity contribution in [2.24, 2.45) is 39.9 Å². The van der Waals surface area contributed by atoms with Gasteiger partial charge in [-0.25, -0.2) is 0 Å². The van der Waals surface area contributed by atoms with Crippen LogP contribution in [0.25, 0.3) is 0 Å². The number of carboxylic acid groups (broad SMARTS) is 3. The summed E-state index contributed by atoms with van der Waals surface area (Å²) < 4.78 is 0. The maximum atomic E-state index is 12.7. The molecule has 4 fully saturated rings. The monoisotopic (exact) mass is 378 g/mol. The number of hydrogen-bond donors (Lipinski definition) is 4. The summed E-state index contributed by atoms with van der Waals surface area (Å²) in [6.45, 7) is 5.45. The van der Waals surface area contributed by atoms with E-state index < -0.39 is 58.0 Å². The average Bonchev–Trinajstić information content (AvgIpc) is 2.99. The van der Waals surface area contributed by atoms with Crippen LogP contribution in [0.1, 0.15) is 45.4 Å². The summed E-state index contributed by atoms with van der Waals surface area (Å²) in [5, 5.41) is 41.1. The Morgan fingerprint density at radius 3 is 2.30 bits per heavy atom. The average molecular weight is 378 g/mol. The van der Waals surface area contributed by atoms with Crippen LogP contribution >= 0.6 is 0 Å². The lowest BCUT2D eigenvalue weighted by molar-refractivity contribution is -0.191. The van der Waals surface area contributed by atoms with Gasteiger partial charge in [-0.2, -0.15) is 0 Å². The van der Waals surface area contributed by atoms with Gasteiger partial charge in [-0.3, -0.25) is 14.4 Å². The summed E-state index contributed by atoms with van der Waals surface area (Å²) >= 11 is 0. The Hall–Kier alpha value is -1.89. The zero-order valence-corrected chi connectivity index (χ0v) is 15.4. The zero-order valence-electron chi connectivity index (χ0n) is 15.4. The number of allylic oxidation sites excluding steroid dienone is 1. The molecule has 0 aromatic heterocycles. The minimum absolute atomic E-state index is 0.0505. The molecule has 4 N–H and O–H groups in total. The number of rotatable bonds is 3. The Labute approximate surface area is 157 Å². The van der Waals surface area contributed by atoms with Gasteiger partial charge in [-0.1, -0.05) is 12.2 Å². The van der Waals surface area contributed by atoms with Crippen molar-refractivity contribution >= 4 is 17.9 Å². The van der Waals surface area contributed by atoms with Crippen molar-refractivity contribution in [3.63, 3.8) is 0 Å². The molecule has 0 aromatic rings. The molecule has 0 amide bonds. The normalized spacial score (nSPS) is 50.7. The zero-order chi connectivity index (χ0) is 19.9. The van der Waals surface area contributed by atoms with E-state index >= 15 is 0 Å². The molecule has 4 saturated carbocycles. The number of aliphatic hydroxyl groups excluding tert-OH is 1. The first-order chi connectivity index (χ1) is 12.5. The quantitative estimate of drug-likeness (QED) is 0.552. The molecular formula is C20H26O7. The Morgan fingerprint density at radius 2 is 1.74 bits per heavy atom. The molecule has 0 heterocycles. The molecule has 8 atom stereocenters. The lowest BCUT2D eigenvalue weighted by Gasteiger charge is -2.51. The molecule has 4 aliphatic carbocycles. The van der Waals surface area contributed by atoms with Crippen LogP contribution < -0.4 is 0 Å². The van der Waals surface area contributed by atoms with Crippen molar-refractivity contribution in [1.82, 2.24) is 0 Å². The third kappa shape index (κ3) is 1.88. The van der Waals surface area contributed by atoms with Gasteiger partial charge in [-0.05, 0) is 62.7 Å². The van der Waals surface area contributed by atoms with Crippen molar-refractivity contribution < 1.29 is 34.8 Å². The number of carboxylic acids is 3. The van der Waals surface area contributed by atoms with Gasteiger partial charge in [0, 0.05) is 5.92 Å². The molecule has 4 rings (SSSR count). The molecule has 7 heteroatoms. The molecule has 7 nitrogen and oxygen atoms in total. The highest BCUT2D eigenvalue weighted by molar-refractivity contribution is 5.86. The minimum atomic E-state index is -1.81. The van der Waals surface area contributed by atoms with Crippen molar-refractivity contribution in [3.05, 3.63) is 12.2 Å². The first-order valence-corrected chi connectivity index (χ1v) is 9.58. The molecule has 1 spiro atoms. The third-order valence-electron chi connectivity index (χ3n) is 8.68. The van der Waals surface area contributed by atoms with E-state index in [1.54, 1.807) is 0 Å². The molecule has 0 saturated heterocycles. The highest BCUT2D eigenvalue weighted by atomic mass is 16.4. The Bertz CT molecular complexity index is 759. The van der Waals surface area contributed by atoms with Crippen LogP contribution in [0.5, 0.6) is 0 Å². The molecule has 0 aromatic carbocycles. The highest BCUT2D eigenvalue weighted by Gasteiger charge is 2.80. The number of aliphatic carboxylic acids is 3. The predicted octanol–water partition coefficient (Wildman–Crippen LogP) is 2.00. The second-order valence-electron chi connectivity index (χ2n) is 9.38. The maximum absolute atomic E-state index is 12.7. The smallest absolute Gasteiger partial charge is 0.312 e. The molecule has 0 unspecified atom stereocenters. The molecule has 0 aliphatic heterocycles. The van der Waals surface area contributed by atoms with E-state index in [4.69, 9.17) is 0 Å². The first-order valence-electron chi connectivity index (χ1n) is 9.58. The van der Waals surface area contributed by atoms with Crippen LogP contribution in [0.3, 0.4) is 0 Å². The topological polar surface area (TPSA) is 132 Å². The lowest BCUT2D eigenvalue weighted by Crippen LogP contribution is -2.60. The summed E-state index contributed by atoms with van der Waals surface area (Å²) in [6.07, 6.45) is 1.24. The van der Waals surface area contributed by atoms with Gasteiger partial charge in [-0.15, -0.1) is 0 Å². The number of aliphatic hydroxyl groups is 1. The molecule has 27 heavy (non-hydrogen) atoms. The van der Waals surface area contributed by atoms with E-state index in [1.807, 2.05) is 0 Å². The Balaban J connectivity index is 2.02. The van der Waals surface area contributed by atoms with Crippen molar-refractivity contribution in [1.29, 1.82) is 0 Å². The fourth-order valence-electron chi connectivity index (χ4n) is 7.69. The summed E-state index contributed by atoms with van der Waals surface area (Å²) in [7, 11) is 0. The standard InChI is InChI=1S/C20H26O7/c1-9-7-19-8-10(9)3-4-11(19)20(17(26)27)6-5-12(21)18(2,16(24)25)14(20)13(19)15(22)23/h10-14,21H,1,3-8H2,2H3,(H,22,23)(H,24,25)(H,26,27)/t10-,11-,12-,13-,14-,18+,19+,20-/m1/s1. The van der Waals surface area contributed by atoms with E-state index in [1.165, 1.54) is 6.92 Å². The second kappa shape index (κ2) is 5.34. The Morgan fingerprint density at radius 1 is 1.07 bits per heavy atom. The SMILES string of the molecule is C=C1C[C@]23C[C@H]1CC[C@H]2[C@]1(C(=O)O)CC[C@@H](O)[C@](C)(C(=O)O)[C@H]1[C@@H]3C(=O)O. The van der Waals surface area contributed by atoms with E-state index in [9.17, 15) is 34.8 Å². The van der Waals surface area contributed by atoms with Gasteiger partial charge in [0.2, 0.25) is 0 Å². The number of hydrogen-bond acceptors (Lipinski definition) is 4. The minimum Gasteiger partial charge on any atom is -0.481 e. The number of fused-ring (bicyclic) bond motifs is 3. The fraction of sp³-hybridized carbons (Fsp3) is 0.750. The van der Waals surface area contributed by atoms with Crippen molar-refractivity contribution in [3.8, 4) is 0 Å². The van der Waals surface area contributed by atoms with Crippen LogP contribution in [-0.4, -0.2) is 44.4 Å². The van der Waals surface area contributed by atoms with E-state index in [0.29, 0.717) is 19.3 Å². The molecule has 0 radical (unpaired) electrons. The van der Waals surface area contributed by atoms with Crippen LogP contribution in [0.4, 0.5) is 0 Å². The van der Waals surface area contributed by atoms with E-state index in [0.717, 1.165) is 12.0 Å².